The molecule has 0 radical (unpaired) electrons. The lowest BCUT2D eigenvalue weighted by molar-refractivity contribution is -0.136. The highest BCUT2D eigenvalue weighted by molar-refractivity contribution is 6.00. The van der Waals surface area contributed by atoms with Crippen LogP contribution in [-0.2, 0) is 112 Å². The summed E-state index contributed by atoms with van der Waals surface area (Å²) in [5.41, 5.74) is 0.962. The number of unbranched alkanes of at least 4 members (excludes halogenated alkanes) is 14. The minimum absolute atomic E-state index is 0.0629. The fourth-order valence-corrected chi connectivity index (χ4v) is 13.8. The summed E-state index contributed by atoms with van der Waals surface area (Å²) in [6.45, 7) is 20.2. The summed E-state index contributed by atoms with van der Waals surface area (Å²) >= 11 is 0. The van der Waals surface area contributed by atoms with Gasteiger partial charge in [0.1, 0.15) is 83.9 Å². The predicted molar refractivity (Wildman–Crippen MR) is 468 cm³/mol. The third-order valence-electron chi connectivity index (χ3n) is 21.7. The number of amides is 16. The summed E-state index contributed by atoms with van der Waals surface area (Å²) in [6, 6.07) is -13.1. The number of rotatable bonds is 53. The van der Waals surface area contributed by atoms with Gasteiger partial charge in [-0.1, -0.05) is 168 Å². The zero-order valence-electron chi connectivity index (χ0n) is 76.2. The molecule has 16 amide bonds. The number of carbonyl (C=O) groups excluding carboxylic acids is 16. The van der Waals surface area contributed by atoms with Crippen LogP contribution in [0.5, 0.6) is 0 Å². The molecule has 0 aromatic carbocycles. The zero-order valence-corrected chi connectivity index (χ0v) is 76.2. The molecule has 4 rings (SSSR count). The van der Waals surface area contributed by atoms with E-state index in [1.165, 1.54) is 27.7 Å². The van der Waals surface area contributed by atoms with Crippen molar-refractivity contribution in [3.63, 3.8) is 0 Å². The van der Waals surface area contributed by atoms with E-state index in [0.29, 0.717) is 88.7 Å². The van der Waals surface area contributed by atoms with E-state index in [1.807, 2.05) is 41.5 Å². The number of nitrogens with zero attached hydrogens (tertiary/aromatic N) is 6. The zero-order chi connectivity index (χ0) is 92.6. The van der Waals surface area contributed by atoms with Gasteiger partial charge in [0.15, 0.2) is 0 Å². The van der Waals surface area contributed by atoms with Crippen molar-refractivity contribution in [3.8, 4) is 0 Å². The van der Waals surface area contributed by atoms with Crippen molar-refractivity contribution in [3.05, 3.63) is 23.8 Å². The molecular weight excluding hydrogens is 1630 g/mol. The lowest BCUT2D eigenvalue weighted by Crippen LogP contribution is -2.60. The molecule has 12 atom stereocenters. The van der Waals surface area contributed by atoms with E-state index in [-0.39, 0.29) is 141 Å². The van der Waals surface area contributed by atoms with Gasteiger partial charge >= 0.3 is 0 Å². The molecule has 126 heavy (non-hydrogen) atoms. The third kappa shape index (κ3) is 44.2. The SMILES string of the molecule is CCCCC[C@H]1NC(=O)[C@H](C)NC(=O)[C@@H](CCCCC)NC(=O)[C@H](CCCCNC(=O)CCC(=O)NCc2cn(CCOCCOCCn3cc(CNC(=O)CCC(=O)NCCCC[C@@H]4NC(=O)[C@@H](CCCCC)NC(=O)[C@H](C)NC(=O)[C@@H](CCCCC)NC(=O)[C@H](C)NC(=O)[C@@H](CCCCC)NC4=O)nn3)nn2)NC(=O)[C@@H](CCCCC)NC(=O)[C@H](C)NC1=O. The molecule has 40 nitrogen and oxygen atoms in total. The Hall–Kier alpha value is -10.3. The number of hydrogen-bond acceptors (Lipinski definition) is 22. The van der Waals surface area contributed by atoms with Crippen molar-refractivity contribution in [2.24, 2.45) is 0 Å². The van der Waals surface area contributed by atoms with Crippen LogP contribution < -0.4 is 85.1 Å². The molecule has 0 unspecified atom stereocenters. The molecule has 2 aromatic rings. The van der Waals surface area contributed by atoms with Crippen molar-refractivity contribution in [1.82, 2.24) is 115 Å². The van der Waals surface area contributed by atoms with Crippen molar-refractivity contribution in [2.75, 3.05) is 39.5 Å². The Balaban J connectivity index is 1.15. The molecule has 4 heterocycles. The Morgan fingerprint density at radius 3 is 0.722 bits per heavy atom. The van der Waals surface area contributed by atoms with Crippen LogP contribution in [0.1, 0.15) is 299 Å². The van der Waals surface area contributed by atoms with Gasteiger partial charge < -0.3 is 94.5 Å². The van der Waals surface area contributed by atoms with Crippen LogP contribution in [0, 0.1) is 0 Å². The second-order valence-corrected chi connectivity index (χ2v) is 32.8. The van der Waals surface area contributed by atoms with E-state index in [9.17, 15) is 76.7 Å². The van der Waals surface area contributed by atoms with Crippen LogP contribution in [0.4, 0.5) is 0 Å². The molecule has 40 heteroatoms. The standard InChI is InChI=1S/C86H148N22O18/c1-11-17-23-33-63-79(117)91-59(9)77(115)97-67(37-27-21-15-5)83(121)101-69(85(123)99-65(35-25-19-13-3)81(119)93-57(7)75(113)95-63)39-29-31-45-87-71(109)41-43-73(111)89-53-61-55-107(105-103-61)47-49-125-51-52-126-50-48-108-56-62(104-106-108)54-90-74(112)44-42-72(110)88-46-32-30-40-70-86(124)100-66(36-26-20-14-4)82(120)94-58(8)76(114)96-64(34-24-18-12-2)80(118)92-60(10)78(116)98-68(84(122)102-70)38-28-22-16-6/h55-60,63-70H,11-54H2,1-10H3,(H,87,109)(H,88,110)(H,89,111)(H,90,112)(H,91,117)(H,92,118)(H,93,119)(H,94,120)(H,95,113)(H,96,114)(H,97,115)(H,98,116)(H,99,123)(H,100,124)(H,101,121)(H,102,122)/t57-,58-,59-,60-,63+,64+,65+,66+,67+,68+,69-,70-/m0/s1. The molecular formula is C86H148N22O18. The fourth-order valence-electron chi connectivity index (χ4n) is 13.8. The monoisotopic (exact) mass is 1780 g/mol. The smallest absolute Gasteiger partial charge is 0.243 e. The maximum atomic E-state index is 14.3. The van der Waals surface area contributed by atoms with Gasteiger partial charge in [-0.25, -0.2) is 9.36 Å². The number of aromatic nitrogens is 6. The number of hydrogen-bond donors (Lipinski definition) is 16. The van der Waals surface area contributed by atoms with E-state index in [2.05, 4.69) is 106 Å². The molecule has 0 bridgehead atoms. The highest BCUT2D eigenvalue weighted by atomic mass is 16.5. The van der Waals surface area contributed by atoms with Gasteiger partial charge in [-0.05, 0) is 105 Å². The van der Waals surface area contributed by atoms with Crippen LogP contribution in [0.3, 0.4) is 0 Å². The Bertz CT molecular complexity index is 3460. The average Bonchev–Trinajstić information content (AvgIpc) is 1.05. The molecule has 710 valence electrons. The normalized spacial score (nSPS) is 21.9. The van der Waals surface area contributed by atoms with Crippen LogP contribution in [0.25, 0.3) is 0 Å². The number of ether oxygens (including phenoxy) is 2. The molecule has 16 N–H and O–H groups in total. The molecule has 2 saturated heterocycles. The van der Waals surface area contributed by atoms with E-state index in [4.69, 9.17) is 9.47 Å². The van der Waals surface area contributed by atoms with Crippen molar-refractivity contribution < 1.29 is 86.2 Å². The van der Waals surface area contributed by atoms with Gasteiger partial charge in [0, 0.05) is 38.8 Å². The van der Waals surface area contributed by atoms with E-state index >= 15 is 0 Å². The van der Waals surface area contributed by atoms with Crippen LogP contribution in [0.15, 0.2) is 12.4 Å². The summed E-state index contributed by atoms with van der Waals surface area (Å²) in [7, 11) is 0. The first-order valence-corrected chi connectivity index (χ1v) is 46.2. The first-order valence-electron chi connectivity index (χ1n) is 46.2. The van der Waals surface area contributed by atoms with Crippen molar-refractivity contribution in [2.45, 2.75) is 386 Å². The van der Waals surface area contributed by atoms with Gasteiger partial charge in [-0.3, -0.25) is 76.7 Å². The molecule has 0 saturated carbocycles. The van der Waals surface area contributed by atoms with Gasteiger partial charge in [0.2, 0.25) is 94.5 Å². The molecule has 2 fully saturated rings. The van der Waals surface area contributed by atoms with E-state index < -0.39 is 155 Å². The largest absolute Gasteiger partial charge is 0.377 e. The molecule has 2 aromatic heterocycles. The summed E-state index contributed by atoms with van der Waals surface area (Å²) < 4.78 is 14.6. The van der Waals surface area contributed by atoms with Gasteiger partial charge in [-0.15, -0.1) is 10.2 Å². The highest BCUT2D eigenvalue weighted by Crippen LogP contribution is 2.16. The maximum Gasteiger partial charge on any atom is 0.243 e. The Morgan fingerprint density at radius 2 is 0.492 bits per heavy atom. The quantitative estimate of drug-likeness (QED) is 0.0423. The second kappa shape index (κ2) is 62.8. The average molecular weight is 1780 g/mol. The van der Waals surface area contributed by atoms with Crippen molar-refractivity contribution in [1.29, 1.82) is 0 Å². The molecule has 2 aliphatic heterocycles. The van der Waals surface area contributed by atoms with Crippen LogP contribution >= 0.6 is 0 Å². The lowest BCUT2D eigenvalue weighted by Gasteiger charge is -2.28. The first kappa shape index (κ1) is 108. The Kier molecular flexibility index (Phi) is 53.8. The predicted octanol–water partition coefficient (Wildman–Crippen LogP) is 2.37. The van der Waals surface area contributed by atoms with E-state index in [0.717, 1.165) is 77.0 Å². The molecule has 0 aliphatic carbocycles. The fraction of sp³-hybridized carbons (Fsp3) is 0.767. The maximum absolute atomic E-state index is 14.3. The molecule has 2 aliphatic rings. The summed E-state index contributed by atoms with van der Waals surface area (Å²) in [6.07, 6.45) is 19.1. The van der Waals surface area contributed by atoms with Crippen LogP contribution in [0.2, 0.25) is 0 Å². The number of carbonyl (C=O) groups is 16. The lowest BCUT2D eigenvalue weighted by atomic mass is 10.0. The Labute approximate surface area is 742 Å². The third-order valence-corrected chi connectivity index (χ3v) is 21.7. The van der Waals surface area contributed by atoms with Crippen molar-refractivity contribution >= 4 is 94.5 Å². The van der Waals surface area contributed by atoms with E-state index in [1.54, 1.807) is 21.8 Å². The Morgan fingerprint density at radius 1 is 0.286 bits per heavy atom. The van der Waals surface area contributed by atoms with Crippen LogP contribution in [-0.4, -0.2) is 237 Å². The minimum Gasteiger partial charge on any atom is -0.377 e. The first-order chi connectivity index (χ1) is 60.5. The topological polar surface area (TPSA) is 545 Å². The minimum atomic E-state index is -1.17. The molecule has 0 spiro atoms. The highest BCUT2D eigenvalue weighted by Gasteiger charge is 2.37. The number of nitrogens with one attached hydrogen (secondary N) is 16. The van der Waals surface area contributed by atoms with Gasteiger partial charge in [0.25, 0.3) is 0 Å². The van der Waals surface area contributed by atoms with Gasteiger partial charge in [0.05, 0.1) is 65.0 Å². The summed E-state index contributed by atoms with van der Waals surface area (Å²) in [5.74, 6) is -8.99. The second-order valence-electron chi connectivity index (χ2n) is 32.8. The summed E-state index contributed by atoms with van der Waals surface area (Å²) in [4.78, 5) is 218. The van der Waals surface area contributed by atoms with Gasteiger partial charge in [-0.2, -0.15) is 0 Å². The summed E-state index contributed by atoms with van der Waals surface area (Å²) in [5, 5.41) is 60.6.